The van der Waals surface area contributed by atoms with E-state index in [1.807, 2.05) is 6.08 Å². The van der Waals surface area contributed by atoms with Crippen LogP contribution in [0.25, 0.3) is 0 Å². The Morgan fingerprint density at radius 2 is 2.04 bits per heavy atom. The van der Waals surface area contributed by atoms with E-state index in [0.717, 1.165) is 36.2 Å². The smallest absolute Gasteiger partial charge is 0.332 e. The lowest BCUT2D eigenvalue weighted by Crippen LogP contribution is -2.46. The van der Waals surface area contributed by atoms with Gasteiger partial charge in [0.1, 0.15) is 5.84 Å². The molecule has 25 heavy (non-hydrogen) atoms. The molecule has 2 amide bonds. The molecule has 0 unspecified atom stereocenters. The second-order valence-electron chi connectivity index (χ2n) is 5.95. The molecular weight excluding hydrogens is 333 g/mol. The highest BCUT2D eigenvalue weighted by Gasteiger charge is 2.30. The zero-order chi connectivity index (χ0) is 19.0. The molecule has 1 aliphatic rings. The summed E-state index contributed by atoms with van der Waals surface area (Å²) in [5, 5.41) is 18.4. The molecule has 3 N–H and O–H groups in total. The van der Waals surface area contributed by atoms with Crippen molar-refractivity contribution in [2.75, 3.05) is 13.1 Å². The van der Waals surface area contributed by atoms with Gasteiger partial charge in [0, 0.05) is 6.54 Å². The minimum Gasteiger partial charge on any atom is -0.332 e. The van der Waals surface area contributed by atoms with E-state index in [0.29, 0.717) is 5.57 Å². The maximum absolute atomic E-state index is 12.5. The lowest BCUT2D eigenvalue weighted by atomic mass is 9.96. The molecule has 0 saturated carbocycles. The van der Waals surface area contributed by atoms with Crippen molar-refractivity contribution in [2.45, 2.75) is 52.1 Å². The molecule has 0 aromatic carbocycles. The van der Waals surface area contributed by atoms with Gasteiger partial charge in [0.25, 0.3) is 0 Å². The van der Waals surface area contributed by atoms with E-state index in [-0.39, 0.29) is 18.1 Å². The predicted molar refractivity (Wildman–Crippen MR) is 92.2 cm³/mol. The molecule has 0 heterocycles. The Hall–Kier alpha value is -2.12. The summed E-state index contributed by atoms with van der Waals surface area (Å²) in [7, 11) is 0. The Kier molecular flexibility index (Phi) is 7.86. The Labute approximate surface area is 146 Å². The van der Waals surface area contributed by atoms with Crippen LogP contribution in [0.2, 0.25) is 0 Å². The summed E-state index contributed by atoms with van der Waals surface area (Å²) >= 11 is 0. The van der Waals surface area contributed by atoms with Crippen LogP contribution in [0.1, 0.15) is 46.0 Å². The first-order chi connectivity index (χ1) is 11.7. The third kappa shape index (κ3) is 7.11. The van der Waals surface area contributed by atoms with Crippen molar-refractivity contribution in [2.24, 2.45) is 0 Å². The second-order valence-corrected chi connectivity index (χ2v) is 5.95. The van der Waals surface area contributed by atoms with Crippen molar-refractivity contribution in [3.63, 3.8) is 0 Å². The molecule has 0 spiro atoms. The standard InChI is InChI=1S/C17H25F3N4O/c1-3-12(2)15(22)24(10-9-17(18,19)20)16(25)23-11-14(21)13-7-5-4-6-8-13/h3,7,21-22H,4-6,8-11H2,1-2H3,(H,23,25)/b12-3+,21-14?,22-15?. The van der Waals surface area contributed by atoms with Crippen molar-refractivity contribution in [3.8, 4) is 0 Å². The summed E-state index contributed by atoms with van der Waals surface area (Å²) in [6.45, 7) is 2.52. The van der Waals surface area contributed by atoms with Gasteiger partial charge in [0.05, 0.1) is 18.7 Å². The second kappa shape index (κ2) is 9.39. The van der Waals surface area contributed by atoms with Gasteiger partial charge in [-0.25, -0.2) is 4.79 Å². The molecule has 0 bridgehead atoms. The largest absolute Gasteiger partial charge is 0.390 e. The molecule has 0 radical (unpaired) electrons. The van der Waals surface area contributed by atoms with Gasteiger partial charge in [-0.05, 0) is 50.7 Å². The van der Waals surface area contributed by atoms with Crippen molar-refractivity contribution in [1.29, 1.82) is 10.8 Å². The number of amides is 2. The lowest BCUT2D eigenvalue weighted by Gasteiger charge is -2.25. The number of hydrogen-bond donors (Lipinski definition) is 3. The van der Waals surface area contributed by atoms with Crippen LogP contribution in [0.3, 0.4) is 0 Å². The van der Waals surface area contributed by atoms with E-state index in [4.69, 9.17) is 10.8 Å². The summed E-state index contributed by atoms with van der Waals surface area (Å²) < 4.78 is 37.5. The van der Waals surface area contributed by atoms with Crippen molar-refractivity contribution < 1.29 is 18.0 Å². The number of amidine groups is 1. The first-order valence-electron chi connectivity index (χ1n) is 8.26. The van der Waals surface area contributed by atoms with E-state index in [9.17, 15) is 18.0 Å². The molecule has 0 saturated heterocycles. The topological polar surface area (TPSA) is 80.0 Å². The van der Waals surface area contributed by atoms with Crippen LogP contribution in [-0.4, -0.2) is 41.7 Å². The quantitative estimate of drug-likeness (QED) is 0.477. The molecule has 1 aliphatic carbocycles. The van der Waals surface area contributed by atoms with E-state index < -0.39 is 25.2 Å². The summed E-state index contributed by atoms with van der Waals surface area (Å²) in [6.07, 6.45) is 1.66. The number of hydrogen-bond acceptors (Lipinski definition) is 3. The number of nitrogens with zero attached hydrogens (tertiary/aromatic N) is 1. The SMILES string of the molecule is C/C=C(\C)C(=N)N(CCC(F)(F)F)C(=O)NCC(=N)C1=CCCCC1. The molecule has 5 nitrogen and oxygen atoms in total. The number of nitrogens with one attached hydrogen (secondary N) is 3. The Bertz CT molecular complexity index is 579. The van der Waals surface area contributed by atoms with Gasteiger partial charge < -0.3 is 10.7 Å². The van der Waals surface area contributed by atoms with Crippen LogP contribution >= 0.6 is 0 Å². The van der Waals surface area contributed by atoms with Gasteiger partial charge in [-0.15, -0.1) is 0 Å². The summed E-state index contributed by atoms with van der Waals surface area (Å²) in [6, 6.07) is -0.795. The normalized spacial score (nSPS) is 15.4. The van der Waals surface area contributed by atoms with Crippen molar-refractivity contribution >= 4 is 17.6 Å². The number of carbonyl (C=O) groups excluding carboxylic acids is 1. The maximum Gasteiger partial charge on any atom is 0.390 e. The van der Waals surface area contributed by atoms with Crippen LogP contribution in [0.5, 0.6) is 0 Å². The monoisotopic (exact) mass is 358 g/mol. The maximum atomic E-state index is 12.5. The van der Waals surface area contributed by atoms with Gasteiger partial charge in [0.2, 0.25) is 0 Å². The third-order valence-corrected chi connectivity index (χ3v) is 4.04. The fraction of sp³-hybridized carbons (Fsp3) is 0.588. The Morgan fingerprint density at radius 3 is 2.56 bits per heavy atom. The van der Waals surface area contributed by atoms with Gasteiger partial charge in [-0.1, -0.05) is 12.2 Å². The van der Waals surface area contributed by atoms with Crippen LogP contribution in [0, 0.1) is 10.8 Å². The molecule has 1 rings (SSSR count). The van der Waals surface area contributed by atoms with Crippen molar-refractivity contribution in [1.82, 2.24) is 10.2 Å². The molecule has 8 heteroatoms. The minimum absolute atomic E-state index is 0.0602. The zero-order valence-electron chi connectivity index (χ0n) is 14.6. The average Bonchev–Trinajstić information content (AvgIpc) is 2.58. The number of rotatable bonds is 6. The van der Waals surface area contributed by atoms with Gasteiger partial charge in [-0.2, -0.15) is 13.2 Å². The highest BCUT2D eigenvalue weighted by Crippen LogP contribution is 2.21. The van der Waals surface area contributed by atoms with Crippen LogP contribution < -0.4 is 5.32 Å². The number of alkyl halides is 3. The van der Waals surface area contributed by atoms with E-state index in [1.165, 1.54) is 0 Å². The Balaban J connectivity index is 2.72. The van der Waals surface area contributed by atoms with Crippen LogP contribution in [0.4, 0.5) is 18.0 Å². The minimum atomic E-state index is -4.41. The summed E-state index contributed by atoms with van der Waals surface area (Å²) in [4.78, 5) is 13.0. The van der Waals surface area contributed by atoms with Crippen LogP contribution in [-0.2, 0) is 0 Å². The van der Waals surface area contributed by atoms with Gasteiger partial charge >= 0.3 is 12.2 Å². The summed E-state index contributed by atoms with van der Waals surface area (Å²) in [5.74, 6) is -0.271. The molecule has 0 fully saturated rings. The number of urea groups is 1. The Morgan fingerprint density at radius 1 is 1.36 bits per heavy atom. The molecule has 0 aliphatic heterocycles. The molecular formula is C17H25F3N4O. The van der Waals surface area contributed by atoms with Gasteiger partial charge in [-0.3, -0.25) is 10.3 Å². The number of halogens is 3. The highest BCUT2D eigenvalue weighted by atomic mass is 19.4. The first-order valence-corrected chi connectivity index (χ1v) is 8.26. The number of carbonyl (C=O) groups is 1. The van der Waals surface area contributed by atoms with Crippen molar-refractivity contribution in [3.05, 3.63) is 23.3 Å². The zero-order valence-corrected chi connectivity index (χ0v) is 14.6. The molecule has 140 valence electrons. The predicted octanol–water partition coefficient (Wildman–Crippen LogP) is 4.41. The average molecular weight is 358 g/mol. The van der Waals surface area contributed by atoms with Gasteiger partial charge in [0.15, 0.2) is 0 Å². The number of allylic oxidation sites excluding steroid dienone is 2. The molecule has 0 aromatic rings. The van der Waals surface area contributed by atoms with E-state index >= 15 is 0 Å². The summed E-state index contributed by atoms with van der Waals surface area (Å²) in [5.41, 5.74) is 1.54. The van der Waals surface area contributed by atoms with E-state index in [2.05, 4.69) is 5.32 Å². The van der Waals surface area contributed by atoms with E-state index in [1.54, 1.807) is 19.9 Å². The highest BCUT2D eigenvalue weighted by molar-refractivity contribution is 6.06. The fourth-order valence-electron chi connectivity index (χ4n) is 2.39. The molecule has 0 atom stereocenters. The van der Waals surface area contributed by atoms with Crippen LogP contribution in [0.15, 0.2) is 23.3 Å². The fourth-order valence-corrected chi connectivity index (χ4v) is 2.39. The molecule has 0 aromatic heterocycles. The first kappa shape index (κ1) is 20.9. The third-order valence-electron chi connectivity index (χ3n) is 4.04. The lowest BCUT2D eigenvalue weighted by molar-refractivity contribution is -0.135.